The minimum Gasteiger partial charge on any atom is -0.385 e. The summed E-state index contributed by atoms with van der Waals surface area (Å²) in [5.41, 5.74) is 6.46. The van der Waals surface area contributed by atoms with E-state index in [1.807, 2.05) is 0 Å². The predicted molar refractivity (Wildman–Crippen MR) is 29.2 cm³/mol. The number of rotatable bonds is 4. The largest absolute Gasteiger partial charge is 0.385 e. The maximum Gasteiger partial charge on any atom is 0.238 e. The van der Waals surface area contributed by atoms with Gasteiger partial charge in [-0.25, -0.2) is 0 Å². The van der Waals surface area contributed by atoms with Gasteiger partial charge in [-0.2, -0.15) is 0 Å². The molecule has 8 heavy (non-hydrogen) atoms. The van der Waals surface area contributed by atoms with Crippen LogP contribution in [-0.2, 0) is 9.53 Å². The second-order valence-electron chi connectivity index (χ2n) is 1.52. The Morgan fingerprint density at radius 3 is 2.75 bits per heavy atom. The second kappa shape index (κ2) is 4.59. The summed E-state index contributed by atoms with van der Waals surface area (Å²) in [6.07, 6.45) is 0.979. The molecule has 0 heterocycles. The summed E-state index contributed by atoms with van der Waals surface area (Å²) in [4.78, 5) is 9.93. The molecule has 0 saturated heterocycles. The topological polar surface area (TPSA) is 50.1 Å². The summed E-state index contributed by atoms with van der Waals surface area (Å²) in [5, 5.41) is 0. The predicted octanol–water partition coefficient (Wildman–Crippen LogP) is 0.222. The first-order valence-electron chi connectivity index (χ1n) is 2.50. The average molecular weight is 116 g/mol. The summed E-state index contributed by atoms with van der Waals surface area (Å²) in [5.74, 6) is -0.512. The van der Waals surface area contributed by atoms with Gasteiger partial charge in [-0.05, 0) is 6.42 Å². The molecule has 0 rings (SSSR count). The number of carbonyl (C=O) groups is 1. The van der Waals surface area contributed by atoms with E-state index in [9.17, 15) is 4.79 Å². The highest BCUT2D eigenvalue weighted by Crippen LogP contribution is 1.86. The molecular formula is C5H10NO2. The van der Waals surface area contributed by atoms with Crippen LogP contribution in [0.5, 0.6) is 0 Å². The smallest absolute Gasteiger partial charge is 0.238 e. The molecule has 0 unspecified atom stereocenters. The number of hydrogen-bond acceptors (Lipinski definition) is 2. The van der Waals surface area contributed by atoms with E-state index >= 15 is 0 Å². The molecule has 0 fully saturated rings. The lowest BCUT2D eigenvalue weighted by molar-refractivity contribution is -0.118. The van der Waals surface area contributed by atoms with Crippen LogP contribution in [0.2, 0.25) is 0 Å². The van der Waals surface area contributed by atoms with E-state index in [0.29, 0.717) is 19.4 Å². The van der Waals surface area contributed by atoms with Gasteiger partial charge in [-0.3, -0.25) is 10.5 Å². The van der Waals surface area contributed by atoms with Crippen molar-refractivity contribution in [1.82, 2.24) is 5.73 Å². The minimum absolute atomic E-state index is 0.313. The van der Waals surface area contributed by atoms with Crippen molar-refractivity contribution in [2.45, 2.75) is 12.8 Å². The summed E-state index contributed by atoms with van der Waals surface area (Å²) in [6.45, 7) is 0.574. The van der Waals surface area contributed by atoms with Crippen LogP contribution in [-0.4, -0.2) is 19.6 Å². The van der Waals surface area contributed by atoms with Crippen molar-refractivity contribution >= 4 is 5.91 Å². The Balaban J connectivity index is 2.82. The van der Waals surface area contributed by atoms with E-state index in [-0.39, 0.29) is 0 Å². The van der Waals surface area contributed by atoms with Gasteiger partial charge >= 0.3 is 0 Å². The Labute approximate surface area is 48.8 Å². The third-order valence-corrected chi connectivity index (χ3v) is 0.752. The normalized spacial score (nSPS) is 9.12. The number of carbonyl (C=O) groups excluding carboxylic acids is 1. The van der Waals surface area contributed by atoms with Gasteiger partial charge in [0, 0.05) is 20.1 Å². The Bertz CT molecular complexity index is 72.8. The lowest BCUT2D eigenvalue weighted by Crippen LogP contribution is -1.99. The summed E-state index contributed by atoms with van der Waals surface area (Å²) in [7, 11) is 1.58. The number of methoxy groups -OCH3 is 1. The summed E-state index contributed by atoms with van der Waals surface area (Å²) in [6, 6.07) is 0. The van der Waals surface area contributed by atoms with Gasteiger partial charge in [0.15, 0.2) is 0 Å². The highest BCUT2D eigenvalue weighted by atomic mass is 16.5. The molecule has 0 aromatic heterocycles. The van der Waals surface area contributed by atoms with Crippen molar-refractivity contribution in [3.63, 3.8) is 0 Å². The molecule has 0 aliphatic rings. The van der Waals surface area contributed by atoms with Gasteiger partial charge in [0.05, 0.1) is 0 Å². The van der Waals surface area contributed by atoms with E-state index < -0.39 is 5.91 Å². The van der Waals surface area contributed by atoms with Crippen molar-refractivity contribution in [1.29, 1.82) is 0 Å². The summed E-state index contributed by atoms with van der Waals surface area (Å²) >= 11 is 0. The lowest BCUT2D eigenvalue weighted by Gasteiger charge is -1.92. The zero-order valence-electron chi connectivity index (χ0n) is 4.94. The van der Waals surface area contributed by atoms with E-state index in [2.05, 4.69) is 4.74 Å². The molecule has 0 atom stereocenters. The zero-order chi connectivity index (χ0) is 6.41. The molecule has 3 heteroatoms. The Kier molecular flexibility index (Phi) is 4.26. The van der Waals surface area contributed by atoms with Crippen molar-refractivity contribution in [3.8, 4) is 0 Å². The van der Waals surface area contributed by atoms with Crippen LogP contribution in [0.3, 0.4) is 0 Å². The van der Waals surface area contributed by atoms with Gasteiger partial charge < -0.3 is 4.74 Å². The molecule has 0 bridgehead atoms. The van der Waals surface area contributed by atoms with Crippen LogP contribution in [0.15, 0.2) is 0 Å². The van der Waals surface area contributed by atoms with Gasteiger partial charge in [-0.1, -0.05) is 0 Å². The van der Waals surface area contributed by atoms with Gasteiger partial charge in [0.1, 0.15) is 0 Å². The second-order valence-corrected chi connectivity index (χ2v) is 1.52. The average Bonchev–Trinajstić information content (AvgIpc) is 1.66. The molecule has 0 saturated carbocycles. The third-order valence-electron chi connectivity index (χ3n) is 0.752. The molecule has 0 aromatic carbocycles. The van der Waals surface area contributed by atoms with Crippen molar-refractivity contribution in [3.05, 3.63) is 0 Å². The molecule has 3 nitrogen and oxygen atoms in total. The molecule has 0 spiro atoms. The first-order chi connectivity index (χ1) is 3.77. The van der Waals surface area contributed by atoms with Crippen molar-refractivity contribution in [2.24, 2.45) is 0 Å². The Morgan fingerprint density at radius 2 is 2.38 bits per heavy atom. The molecule has 0 aromatic rings. The van der Waals surface area contributed by atoms with Crippen LogP contribution in [0.1, 0.15) is 12.8 Å². The van der Waals surface area contributed by atoms with Gasteiger partial charge in [-0.15, -0.1) is 0 Å². The van der Waals surface area contributed by atoms with Gasteiger partial charge in [0.25, 0.3) is 0 Å². The number of hydrogen-bond donors (Lipinski definition) is 0. The van der Waals surface area contributed by atoms with Crippen LogP contribution in [0.4, 0.5) is 0 Å². The Morgan fingerprint density at radius 1 is 1.75 bits per heavy atom. The fourth-order valence-corrected chi connectivity index (χ4v) is 0.377. The SMILES string of the molecule is COCCCC([NH])=O. The standard InChI is InChI=1S/C5H10NO2/c1-8-4-2-3-5(6)7/h6H,2-4H2,1H3. The highest BCUT2D eigenvalue weighted by Gasteiger charge is 1.91. The lowest BCUT2D eigenvalue weighted by atomic mass is 10.3. The fourth-order valence-electron chi connectivity index (χ4n) is 0.377. The molecule has 0 aliphatic carbocycles. The van der Waals surface area contributed by atoms with E-state index in [1.54, 1.807) is 7.11 Å². The van der Waals surface area contributed by atoms with Crippen LogP contribution >= 0.6 is 0 Å². The van der Waals surface area contributed by atoms with Crippen molar-refractivity contribution in [2.75, 3.05) is 13.7 Å². The van der Waals surface area contributed by atoms with E-state index in [1.165, 1.54) is 0 Å². The molecular weight excluding hydrogens is 106 g/mol. The first-order valence-corrected chi connectivity index (χ1v) is 2.50. The monoisotopic (exact) mass is 116 g/mol. The van der Waals surface area contributed by atoms with Crippen LogP contribution in [0.25, 0.3) is 0 Å². The number of ether oxygens (including phenoxy) is 1. The molecule has 1 radical (unpaired) electrons. The quantitative estimate of drug-likeness (QED) is 0.493. The molecule has 1 N–H and O–H groups in total. The molecule has 1 amide bonds. The molecule has 0 aliphatic heterocycles. The minimum atomic E-state index is -0.512. The highest BCUT2D eigenvalue weighted by molar-refractivity contribution is 5.72. The summed E-state index contributed by atoms with van der Waals surface area (Å²) < 4.78 is 4.66. The maximum absolute atomic E-state index is 9.93. The fraction of sp³-hybridized carbons (Fsp3) is 0.800. The number of amides is 1. The number of nitrogens with one attached hydrogen (secondary N) is 1. The molecule has 47 valence electrons. The van der Waals surface area contributed by atoms with Crippen LogP contribution in [0, 0.1) is 0 Å². The van der Waals surface area contributed by atoms with E-state index in [0.717, 1.165) is 0 Å². The maximum atomic E-state index is 9.93. The van der Waals surface area contributed by atoms with Crippen molar-refractivity contribution < 1.29 is 9.53 Å². The Hall–Kier alpha value is -0.570. The van der Waals surface area contributed by atoms with Gasteiger partial charge in [0.2, 0.25) is 5.91 Å². The third kappa shape index (κ3) is 5.43. The first kappa shape index (κ1) is 7.43. The van der Waals surface area contributed by atoms with Crippen LogP contribution < -0.4 is 5.73 Å². The zero-order valence-corrected chi connectivity index (χ0v) is 4.94. The van der Waals surface area contributed by atoms with E-state index in [4.69, 9.17) is 5.73 Å².